The number of hydrogen-bond acceptors (Lipinski definition) is 10. The average molecular weight is 947 g/mol. The van der Waals surface area contributed by atoms with Crippen LogP contribution in [0.5, 0.6) is 0 Å². The molecule has 2 heterocycles. The third-order valence-electron chi connectivity index (χ3n) is 13.7. The maximum absolute atomic E-state index is 14.3. The number of likely N-dealkylation sites (tertiary alicyclic amines) is 2. The Balaban J connectivity index is 0.963. The molecular formula is C54H58N8O8. The summed E-state index contributed by atoms with van der Waals surface area (Å²) in [7, 11) is 3.01. The van der Waals surface area contributed by atoms with Gasteiger partial charge >= 0.3 is 0 Å². The number of amides is 6. The molecule has 0 bridgehead atoms. The minimum absolute atomic E-state index is 0.199. The third-order valence-corrected chi connectivity index (χ3v) is 13.7. The molecule has 362 valence electrons. The van der Waals surface area contributed by atoms with Crippen LogP contribution in [-0.4, -0.2) is 132 Å². The zero-order valence-electron chi connectivity index (χ0n) is 39.2. The molecule has 0 aromatic heterocycles. The van der Waals surface area contributed by atoms with Gasteiger partial charge in [0.25, 0.3) is 0 Å². The predicted molar refractivity (Wildman–Crippen MR) is 262 cm³/mol. The second kappa shape index (κ2) is 22.4. The number of fused-ring (bicyclic) bond motifs is 6. The molecule has 4 aromatic rings. The molecule has 4 aliphatic rings. The van der Waals surface area contributed by atoms with E-state index in [1.807, 2.05) is 97.1 Å². The average Bonchev–Trinajstić information content (AvgIpc) is 4.20. The van der Waals surface area contributed by atoms with Crippen molar-refractivity contribution in [2.75, 3.05) is 40.4 Å². The summed E-state index contributed by atoms with van der Waals surface area (Å²) in [5.41, 5.74) is 7.97. The highest BCUT2D eigenvalue weighted by molar-refractivity contribution is 5.96. The monoisotopic (exact) mass is 946 g/mol. The third kappa shape index (κ3) is 10.2. The standard InChI is InChI=1S/C54H58N8O8/c1-55-43(31-63)49(65)57-41(53(69)61-29-15-27-45(61)51(67)59-47-37-21-11-7-17-33(37)34-18-8-12-22-38(34)47)25-5-3-4-6-26-42(58-50(66)44(32-64)56-2)54(70)62-30-16-28-46(62)52(68)60-48-39-23-13-9-19-35(39)36-20-10-14-24-40(36)48/h7-14,17-24,41-48,55-56,63-64H,15-16,25-32H2,1-2H3,(H,57,65)(H,58,66)(H,59,67)(H,60,68)/t41-,42-,43-,44-,45-,46-/m0/s1. The number of nitrogens with zero attached hydrogens (tertiary/aromatic N) is 2. The largest absolute Gasteiger partial charge is 0.394 e. The van der Waals surface area contributed by atoms with Gasteiger partial charge < -0.3 is 51.9 Å². The Morgan fingerprint density at radius 2 is 0.857 bits per heavy atom. The Morgan fingerprint density at radius 1 is 0.529 bits per heavy atom. The normalized spacial score (nSPS) is 18.3. The van der Waals surface area contributed by atoms with E-state index in [2.05, 4.69) is 55.6 Å². The van der Waals surface area contributed by atoms with Crippen molar-refractivity contribution in [1.29, 1.82) is 0 Å². The molecule has 70 heavy (non-hydrogen) atoms. The summed E-state index contributed by atoms with van der Waals surface area (Å²) in [6, 6.07) is 24.6. The molecule has 0 saturated carbocycles. The number of rotatable bonds is 16. The van der Waals surface area contributed by atoms with Crippen LogP contribution >= 0.6 is 0 Å². The van der Waals surface area contributed by atoms with Crippen molar-refractivity contribution < 1.29 is 39.0 Å². The number of likely N-dealkylation sites (N-methyl/N-ethyl adjacent to an activating group) is 2. The van der Waals surface area contributed by atoms with Crippen LogP contribution in [0.4, 0.5) is 0 Å². The molecule has 2 saturated heterocycles. The van der Waals surface area contributed by atoms with Crippen molar-refractivity contribution in [1.82, 2.24) is 41.7 Å². The first-order valence-corrected chi connectivity index (χ1v) is 23.8. The van der Waals surface area contributed by atoms with Crippen molar-refractivity contribution >= 4 is 35.4 Å². The lowest BCUT2D eigenvalue weighted by Gasteiger charge is -2.29. The number of carbonyl (C=O) groups excluding carboxylic acids is 6. The van der Waals surface area contributed by atoms with E-state index in [1.54, 1.807) is 0 Å². The number of carbonyl (C=O) groups is 6. The molecule has 2 aliphatic heterocycles. The number of aliphatic hydroxyl groups excluding tert-OH is 2. The maximum atomic E-state index is 14.3. The van der Waals surface area contributed by atoms with Crippen LogP contribution in [0.1, 0.15) is 72.9 Å². The van der Waals surface area contributed by atoms with E-state index in [-0.39, 0.29) is 37.7 Å². The Kier molecular flexibility index (Phi) is 15.7. The summed E-state index contributed by atoms with van der Waals surface area (Å²) in [6.07, 6.45) is 1.55. The van der Waals surface area contributed by atoms with E-state index in [0.717, 1.165) is 44.5 Å². The van der Waals surface area contributed by atoms with Crippen LogP contribution in [0.25, 0.3) is 22.3 Å². The van der Waals surface area contributed by atoms with Crippen LogP contribution in [0, 0.1) is 23.7 Å². The Labute approximate surface area is 407 Å². The highest BCUT2D eigenvalue weighted by Crippen LogP contribution is 2.44. The number of benzene rings is 4. The first-order chi connectivity index (χ1) is 34.1. The first kappa shape index (κ1) is 49.1. The fraction of sp³-hybridized carbons (Fsp3) is 0.370. The van der Waals surface area contributed by atoms with E-state index in [0.29, 0.717) is 25.7 Å². The lowest BCUT2D eigenvalue weighted by atomic mass is 10.0. The molecule has 0 spiro atoms. The minimum atomic E-state index is -1.21. The molecule has 8 N–H and O–H groups in total. The van der Waals surface area contributed by atoms with Crippen LogP contribution in [0.2, 0.25) is 0 Å². The van der Waals surface area contributed by atoms with Gasteiger partial charge in [-0.3, -0.25) is 28.8 Å². The van der Waals surface area contributed by atoms with Gasteiger partial charge in [0.05, 0.1) is 25.3 Å². The van der Waals surface area contributed by atoms with Gasteiger partial charge in [-0.05, 0) is 96.1 Å². The van der Waals surface area contributed by atoms with Crippen molar-refractivity contribution in [3.8, 4) is 45.9 Å². The number of nitrogens with one attached hydrogen (secondary N) is 6. The zero-order valence-corrected chi connectivity index (χ0v) is 39.2. The highest BCUT2D eigenvalue weighted by Gasteiger charge is 2.42. The molecule has 8 rings (SSSR count). The van der Waals surface area contributed by atoms with Gasteiger partial charge in [0.15, 0.2) is 0 Å². The van der Waals surface area contributed by atoms with Crippen molar-refractivity contribution in [2.24, 2.45) is 0 Å². The topological polar surface area (TPSA) is 222 Å². The van der Waals surface area contributed by atoms with Crippen molar-refractivity contribution in [3.05, 3.63) is 119 Å². The highest BCUT2D eigenvalue weighted by atomic mass is 16.3. The van der Waals surface area contributed by atoms with Gasteiger partial charge in [0, 0.05) is 25.9 Å². The van der Waals surface area contributed by atoms with E-state index in [4.69, 9.17) is 0 Å². The summed E-state index contributed by atoms with van der Waals surface area (Å²) < 4.78 is 0. The van der Waals surface area contributed by atoms with E-state index in [1.165, 1.54) is 23.9 Å². The lowest BCUT2D eigenvalue weighted by molar-refractivity contribution is -0.141. The van der Waals surface area contributed by atoms with Gasteiger partial charge in [0.1, 0.15) is 36.3 Å². The molecular weight excluding hydrogens is 889 g/mol. The van der Waals surface area contributed by atoms with Crippen molar-refractivity contribution in [2.45, 2.75) is 86.9 Å². The van der Waals surface area contributed by atoms with Crippen molar-refractivity contribution in [3.63, 3.8) is 0 Å². The van der Waals surface area contributed by atoms with E-state index >= 15 is 0 Å². The molecule has 6 atom stereocenters. The summed E-state index contributed by atoms with van der Waals surface area (Å²) in [5.74, 6) is 8.16. The second-order valence-corrected chi connectivity index (χ2v) is 17.8. The van der Waals surface area contributed by atoms with E-state index < -0.39 is 85.2 Å². The summed E-state index contributed by atoms with van der Waals surface area (Å²) in [6.45, 7) is -0.513. The van der Waals surface area contributed by atoms with Crippen LogP contribution in [-0.2, 0) is 28.8 Å². The molecule has 6 amide bonds. The van der Waals surface area contributed by atoms with Crippen LogP contribution in [0.15, 0.2) is 97.1 Å². The minimum Gasteiger partial charge on any atom is -0.394 e. The van der Waals surface area contributed by atoms with Crippen LogP contribution < -0.4 is 31.9 Å². The smallest absolute Gasteiger partial charge is 0.246 e. The quantitative estimate of drug-likeness (QED) is 0.0760. The van der Waals surface area contributed by atoms with E-state index in [9.17, 15) is 39.0 Å². The molecule has 0 unspecified atom stereocenters. The fourth-order valence-corrected chi connectivity index (χ4v) is 10.1. The summed E-state index contributed by atoms with van der Waals surface area (Å²) >= 11 is 0. The molecule has 4 aromatic carbocycles. The number of aliphatic hydroxyl groups is 2. The van der Waals surface area contributed by atoms with Gasteiger partial charge in [0.2, 0.25) is 35.4 Å². The number of hydrogen-bond donors (Lipinski definition) is 8. The second-order valence-electron chi connectivity index (χ2n) is 17.8. The first-order valence-electron chi connectivity index (χ1n) is 23.8. The van der Waals surface area contributed by atoms with Crippen LogP contribution in [0.3, 0.4) is 0 Å². The van der Waals surface area contributed by atoms with Gasteiger partial charge in [-0.15, -0.1) is 0 Å². The Bertz CT molecular complexity index is 2490. The molecule has 16 nitrogen and oxygen atoms in total. The Hall–Kier alpha value is -7.34. The molecule has 2 fully saturated rings. The lowest BCUT2D eigenvalue weighted by Crippen LogP contribution is -2.56. The SMILES string of the molecule is CN[C@@H](CO)C(=O)N[C@@H](CC#CC#CC[C@H](NC(=O)[C@H](CO)NC)C(=O)N1CCC[C@H]1C(=O)NC1c2ccccc2-c2ccccc21)C(=O)N1CCC[C@H]1C(=O)NC1c2ccccc2-c2ccccc21. The Morgan fingerprint density at radius 3 is 1.17 bits per heavy atom. The van der Waals surface area contributed by atoms with Gasteiger partial charge in [-0.25, -0.2) is 0 Å². The summed E-state index contributed by atoms with van der Waals surface area (Å²) in [4.78, 5) is 86.3. The predicted octanol–water partition coefficient (Wildman–Crippen LogP) is 1.66. The van der Waals surface area contributed by atoms with Gasteiger partial charge in [-0.2, -0.15) is 0 Å². The van der Waals surface area contributed by atoms with Gasteiger partial charge in [-0.1, -0.05) is 109 Å². The molecule has 0 radical (unpaired) electrons. The fourth-order valence-electron chi connectivity index (χ4n) is 10.1. The zero-order chi connectivity index (χ0) is 49.3. The molecule has 2 aliphatic carbocycles. The summed E-state index contributed by atoms with van der Waals surface area (Å²) in [5, 5.41) is 36.9. The molecule has 16 heteroatoms. The maximum Gasteiger partial charge on any atom is 0.246 e.